The Morgan fingerprint density at radius 2 is 2.30 bits per heavy atom. The van der Waals surface area contributed by atoms with Crippen LogP contribution in [0.4, 0.5) is 10.2 Å². The molecular formula is C14H17FN4O. The Morgan fingerprint density at radius 3 is 3.00 bits per heavy atom. The van der Waals surface area contributed by atoms with Gasteiger partial charge in [0, 0.05) is 19.3 Å². The molecule has 0 aliphatic carbocycles. The van der Waals surface area contributed by atoms with E-state index in [4.69, 9.17) is 4.74 Å². The number of aryl methyl sites for hydroxylation is 1. The molecule has 0 aromatic carbocycles. The maximum absolute atomic E-state index is 12.9. The minimum atomic E-state index is -0.314. The average molecular weight is 276 g/mol. The number of pyridine rings is 1. The molecule has 1 aliphatic rings. The van der Waals surface area contributed by atoms with Crippen molar-refractivity contribution in [2.45, 2.75) is 19.6 Å². The Hall–Kier alpha value is -1.95. The topological polar surface area (TPSA) is 43.2 Å². The van der Waals surface area contributed by atoms with Crippen molar-refractivity contribution in [3.05, 3.63) is 42.1 Å². The van der Waals surface area contributed by atoms with Crippen molar-refractivity contribution in [2.75, 3.05) is 24.6 Å². The molecule has 2 aromatic heterocycles. The van der Waals surface area contributed by atoms with Gasteiger partial charge in [0.25, 0.3) is 0 Å². The Labute approximate surface area is 117 Å². The van der Waals surface area contributed by atoms with E-state index in [-0.39, 0.29) is 11.9 Å². The van der Waals surface area contributed by atoms with E-state index in [1.165, 1.54) is 12.3 Å². The van der Waals surface area contributed by atoms with Crippen molar-refractivity contribution >= 4 is 5.82 Å². The van der Waals surface area contributed by atoms with Gasteiger partial charge in [-0.1, -0.05) is 0 Å². The van der Waals surface area contributed by atoms with Crippen molar-refractivity contribution < 1.29 is 9.13 Å². The minimum Gasteiger partial charge on any atom is -0.373 e. The molecule has 20 heavy (non-hydrogen) atoms. The number of rotatable bonds is 3. The summed E-state index contributed by atoms with van der Waals surface area (Å²) in [6.45, 7) is 4.88. The predicted octanol–water partition coefficient (Wildman–Crippen LogP) is 1.63. The third-order valence-corrected chi connectivity index (χ3v) is 3.33. The molecule has 2 aromatic rings. The molecule has 0 amide bonds. The summed E-state index contributed by atoms with van der Waals surface area (Å²) in [5.41, 5.74) is 1.14. The number of nitrogens with zero attached hydrogens (tertiary/aromatic N) is 4. The molecule has 1 fully saturated rings. The predicted molar refractivity (Wildman–Crippen MR) is 73.1 cm³/mol. The lowest BCUT2D eigenvalue weighted by Crippen LogP contribution is -2.44. The van der Waals surface area contributed by atoms with Crippen LogP contribution in [0.25, 0.3) is 0 Å². The van der Waals surface area contributed by atoms with E-state index < -0.39 is 0 Å². The first-order chi connectivity index (χ1) is 9.70. The SMILES string of the molecule is Cc1cnn(C[C@@H]2CN(c3ccc(F)cn3)CCO2)c1. The monoisotopic (exact) mass is 276 g/mol. The maximum atomic E-state index is 12.9. The Bertz CT molecular complexity index is 569. The van der Waals surface area contributed by atoms with Crippen LogP contribution in [0.2, 0.25) is 0 Å². The second-order valence-electron chi connectivity index (χ2n) is 5.01. The number of hydrogen-bond acceptors (Lipinski definition) is 4. The van der Waals surface area contributed by atoms with E-state index >= 15 is 0 Å². The van der Waals surface area contributed by atoms with E-state index in [0.29, 0.717) is 13.2 Å². The molecule has 0 unspecified atom stereocenters. The molecule has 6 heteroatoms. The number of morpholine rings is 1. The zero-order valence-corrected chi connectivity index (χ0v) is 11.4. The Balaban J connectivity index is 1.65. The molecule has 3 rings (SSSR count). The first-order valence-electron chi connectivity index (χ1n) is 6.68. The van der Waals surface area contributed by atoms with E-state index in [0.717, 1.165) is 24.5 Å². The second-order valence-corrected chi connectivity index (χ2v) is 5.01. The molecule has 0 N–H and O–H groups in total. The van der Waals surface area contributed by atoms with Crippen molar-refractivity contribution in [3.63, 3.8) is 0 Å². The van der Waals surface area contributed by atoms with Gasteiger partial charge in [-0.05, 0) is 24.6 Å². The Morgan fingerprint density at radius 1 is 1.40 bits per heavy atom. The quantitative estimate of drug-likeness (QED) is 0.854. The van der Waals surface area contributed by atoms with Crippen LogP contribution in [0.15, 0.2) is 30.7 Å². The number of anilines is 1. The standard InChI is InChI=1S/C14H17FN4O/c1-11-6-17-19(8-11)10-13-9-18(4-5-20-13)14-3-2-12(15)7-16-14/h2-3,6-8,13H,4-5,9-10H2,1H3/t13-/m0/s1. The van der Waals surface area contributed by atoms with Gasteiger partial charge in [-0.25, -0.2) is 9.37 Å². The fourth-order valence-corrected chi connectivity index (χ4v) is 2.37. The van der Waals surface area contributed by atoms with Crippen molar-refractivity contribution in [1.29, 1.82) is 0 Å². The van der Waals surface area contributed by atoms with Crippen LogP contribution < -0.4 is 4.90 Å². The van der Waals surface area contributed by atoms with E-state index in [9.17, 15) is 4.39 Å². The van der Waals surface area contributed by atoms with Gasteiger partial charge < -0.3 is 9.64 Å². The molecule has 106 valence electrons. The summed E-state index contributed by atoms with van der Waals surface area (Å²) in [6.07, 6.45) is 5.15. The van der Waals surface area contributed by atoms with Gasteiger partial charge in [-0.15, -0.1) is 0 Å². The molecule has 0 bridgehead atoms. The van der Waals surface area contributed by atoms with E-state index in [2.05, 4.69) is 15.0 Å². The first kappa shape index (κ1) is 13.1. The lowest BCUT2D eigenvalue weighted by atomic mass is 10.2. The van der Waals surface area contributed by atoms with Crippen molar-refractivity contribution in [2.24, 2.45) is 0 Å². The summed E-state index contributed by atoms with van der Waals surface area (Å²) in [7, 11) is 0. The van der Waals surface area contributed by atoms with Gasteiger partial charge >= 0.3 is 0 Å². The molecule has 3 heterocycles. The highest BCUT2D eigenvalue weighted by Crippen LogP contribution is 2.16. The number of aromatic nitrogens is 3. The highest BCUT2D eigenvalue weighted by molar-refractivity contribution is 5.38. The molecule has 1 atom stereocenters. The molecule has 5 nitrogen and oxygen atoms in total. The minimum absolute atomic E-state index is 0.0647. The largest absolute Gasteiger partial charge is 0.373 e. The normalized spacial score (nSPS) is 19.3. The lowest BCUT2D eigenvalue weighted by Gasteiger charge is -2.33. The first-order valence-corrected chi connectivity index (χ1v) is 6.68. The van der Waals surface area contributed by atoms with Gasteiger partial charge in [0.05, 0.1) is 31.6 Å². The van der Waals surface area contributed by atoms with Gasteiger partial charge in [0.2, 0.25) is 0 Å². The van der Waals surface area contributed by atoms with Crippen LogP contribution >= 0.6 is 0 Å². The fourth-order valence-electron chi connectivity index (χ4n) is 2.37. The molecule has 0 radical (unpaired) electrons. The third-order valence-electron chi connectivity index (χ3n) is 3.33. The van der Waals surface area contributed by atoms with Gasteiger partial charge in [-0.2, -0.15) is 5.10 Å². The second kappa shape index (κ2) is 5.58. The zero-order chi connectivity index (χ0) is 13.9. The lowest BCUT2D eigenvalue weighted by molar-refractivity contribution is 0.0272. The third kappa shape index (κ3) is 2.96. The number of halogens is 1. The van der Waals surface area contributed by atoms with E-state index in [1.54, 1.807) is 6.07 Å². The zero-order valence-electron chi connectivity index (χ0n) is 11.4. The summed E-state index contributed by atoms with van der Waals surface area (Å²) in [4.78, 5) is 6.24. The Kier molecular flexibility index (Phi) is 3.64. The van der Waals surface area contributed by atoms with Gasteiger partial charge in [0.1, 0.15) is 11.6 Å². The highest BCUT2D eigenvalue weighted by atomic mass is 19.1. The maximum Gasteiger partial charge on any atom is 0.141 e. The number of ether oxygens (including phenoxy) is 1. The molecule has 0 spiro atoms. The molecular weight excluding hydrogens is 259 g/mol. The van der Waals surface area contributed by atoms with Gasteiger partial charge in [0.15, 0.2) is 0 Å². The fraction of sp³-hybridized carbons (Fsp3) is 0.429. The summed E-state index contributed by atoms with van der Waals surface area (Å²) in [5, 5.41) is 4.27. The highest BCUT2D eigenvalue weighted by Gasteiger charge is 2.22. The van der Waals surface area contributed by atoms with Crippen LogP contribution in [0.1, 0.15) is 5.56 Å². The van der Waals surface area contributed by atoms with Crippen LogP contribution in [0.5, 0.6) is 0 Å². The van der Waals surface area contributed by atoms with Crippen LogP contribution in [-0.4, -0.2) is 40.6 Å². The summed E-state index contributed by atoms with van der Waals surface area (Å²) < 4.78 is 20.6. The van der Waals surface area contributed by atoms with Crippen LogP contribution in [0.3, 0.4) is 0 Å². The van der Waals surface area contributed by atoms with Crippen molar-refractivity contribution in [1.82, 2.24) is 14.8 Å². The molecule has 1 aliphatic heterocycles. The van der Waals surface area contributed by atoms with Crippen LogP contribution in [0, 0.1) is 12.7 Å². The van der Waals surface area contributed by atoms with Gasteiger partial charge in [-0.3, -0.25) is 4.68 Å². The summed E-state index contributed by atoms with van der Waals surface area (Å²) in [5.74, 6) is 0.474. The summed E-state index contributed by atoms with van der Waals surface area (Å²) in [6, 6.07) is 3.14. The number of hydrogen-bond donors (Lipinski definition) is 0. The van der Waals surface area contributed by atoms with E-state index in [1.807, 2.05) is 24.0 Å². The average Bonchev–Trinajstić information content (AvgIpc) is 2.85. The van der Waals surface area contributed by atoms with Crippen LogP contribution in [-0.2, 0) is 11.3 Å². The molecule has 0 saturated carbocycles. The molecule has 1 saturated heterocycles. The summed E-state index contributed by atoms with van der Waals surface area (Å²) >= 11 is 0. The van der Waals surface area contributed by atoms with Crippen molar-refractivity contribution in [3.8, 4) is 0 Å². The smallest absolute Gasteiger partial charge is 0.141 e.